The van der Waals surface area contributed by atoms with Gasteiger partial charge in [0.05, 0.1) is 0 Å². The van der Waals surface area contributed by atoms with E-state index in [1.54, 1.807) is 11.3 Å². The Kier molecular flexibility index (Phi) is 4.01. The maximum atomic E-state index is 10.9. The molecule has 2 aromatic rings. The topological polar surface area (TPSA) is 80.9 Å². The van der Waals surface area contributed by atoms with Crippen LogP contribution in [0.25, 0.3) is 10.6 Å². The minimum absolute atomic E-state index is 0.0797. The first kappa shape index (κ1) is 12.7. The molecule has 5 nitrogen and oxygen atoms in total. The molecule has 0 aliphatic rings. The summed E-state index contributed by atoms with van der Waals surface area (Å²) in [5.74, 6) is -0.0797. The van der Waals surface area contributed by atoms with Crippen LogP contribution in [0.2, 0.25) is 0 Å². The van der Waals surface area contributed by atoms with Crippen molar-refractivity contribution in [2.24, 2.45) is 5.73 Å². The Labute approximate surface area is 109 Å². The lowest BCUT2D eigenvalue weighted by atomic mass is 10.2. The smallest absolute Gasteiger partial charge is 0.221 e. The van der Waals surface area contributed by atoms with Gasteiger partial charge in [0.15, 0.2) is 0 Å². The highest BCUT2D eigenvalue weighted by Gasteiger charge is 2.06. The molecule has 0 atom stereocenters. The molecule has 0 saturated heterocycles. The zero-order valence-electron chi connectivity index (χ0n) is 10.0. The van der Waals surface area contributed by atoms with Crippen LogP contribution in [0, 0.1) is 0 Å². The normalized spacial score (nSPS) is 10.3. The molecule has 94 valence electrons. The van der Waals surface area contributed by atoms with Gasteiger partial charge in [-0.2, -0.15) is 0 Å². The van der Waals surface area contributed by atoms with Crippen LogP contribution < -0.4 is 11.1 Å². The van der Waals surface area contributed by atoms with Gasteiger partial charge in [-0.25, -0.2) is 0 Å². The highest BCUT2D eigenvalue weighted by Crippen LogP contribution is 2.24. The average Bonchev–Trinajstić information content (AvgIpc) is 2.78. The monoisotopic (exact) mass is 262 g/mol. The molecule has 0 spiro atoms. The first-order valence-corrected chi connectivity index (χ1v) is 6.41. The standard InChI is InChI=1S/C12H14N4OS/c1-8(17)14-10-4-2-9(3-5-10)12-16-15-11(18-12)6-7-13/h2-5H,6-7,13H2,1H3,(H,14,17). The van der Waals surface area contributed by atoms with Gasteiger partial charge in [-0.3, -0.25) is 4.79 Å². The van der Waals surface area contributed by atoms with Gasteiger partial charge in [0.2, 0.25) is 5.91 Å². The third kappa shape index (κ3) is 3.12. The first-order valence-electron chi connectivity index (χ1n) is 5.59. The number of anilines is 1. The lowest BCUT2D eigenvalue weighted by Crippen LogP contribution is -2.05. The molecule has 1 aromatic heterocycles. The van der Waals surface area contributed by atoms with Gasteiger partial charge in [0.25, 0.3) is 0 Å². The van der Waals surface area contributed by atoms with Gasteiger partial charge in [-0.1, -0.05) is 11.3 Å². The predicted octanol–water partition coefficient (Wildman–Crippen LogP) is 1.66. The van der Waals surface area contributed by atoms with Crippen LogP contribution in [-0.2, 0) is 11.2 Å². The number of hydrogen-bond donors (Lipinski definition) is 2. The molecule has 0 aliphatic carbocycles. The SMILES string of the molecule is CC(=O)Nc1ccc(-c2nnc(CCN)s2)cc1. The Balaban J connectivity index is 2.15. The van der Waals surface area contributed by atoms with E-state index in [4.69, 9.17) is 5.73 Å². The van der Waals surface area contributed by atoms with Gasteiger partial charge < -0.3 is 11.1 Å². The summed E-state index contributed by atoms with van der Waals surface area (Å²) in [6.45, 7) is 2.06. The fourth-order valence-electron chi connectivity index (χ4n) is 1.49. The Morgan fingerprint density at radius 2 is 2.06 bits per heavy atom. The van der Waals surface area contributed by atoms with Crippen molar-refractivity contribution >= 4 is 22.9 Å². The average molecular weight is 262 g/mol. The lowest BCUT2D eigenvalue weighted by Gasteiger charge is -2.01. The lowest BCUT2D eigenvalue weighted by molar-refractivity contribution is -0.114. The minimum Gasteiger partial charge on any atom is -0.330 e. The zero-order chi connectivity index (χ0) is 13.0. The van der Waals surface area contributed by atoms with Crippen molar-refractivity contribution in [1.82, 2.24) is 10.2 Å². The summed E-state index contributed by atoms with van der Waals surface area (Å²) in [5, 5.41) is 12.7. The Morgan fingerprint density at radius 3 is 2.67 bits per heavy atom. The van der Waals surface area contributed by atoms with E-state index >= 15 is 0 Å². The second kappa shape index (κ2) is 5.70. The molecule has 1 heterocycles. The van der Waals surface area contributed by atoms with E-state index in [1.165, 1.54) is 6.92 Å². The Hall–Kier alpha value is -1.79. The summed E-state index contributed by atoms with van der Waals surface area (Å²) in [6.07, 6.45) is 0.752. The highest BCUT2D eigenvalue weighted by molar-refractivity contribution is 7.14. The summed E-state index contributed by atoms with van der Waals surface area (Å²) in [7, 11) is 0. The van der Waals surface area contributed by atoms with E-state index in [1.807, 2.05) is 24.3 Å². The van der Waals surface area contributed by atoms with Gasteiger partial charge in [0.1, 0.15) is 10.0 Å². The molecule has 2 rings (SSSR count). The molecule has 0 radical (unpaired) electrons. The number of benzene rings is 1. The largest absolute Gasteiger partial charge is 0.330 e. The maximum absolute atomic E-state index is 10.9. The third-order valence-electron chi connectivity index (χ3n) is 2.28. The summed E-state index contributed by atoms with van der Waals surface area (Å²) < 4.78 is 0. The molecule has 1 amide bonds. The Morgan fingerprint density at radius 1 is 1.33 bits per heavy atom. The summed E-state index contributed by atoms with van der Waals surface area (Å²) in [4.78, 5) is 10.9. The van der Waals surface area contributed by atoms with Crippen LogP contribution in [0.3, 0.4) is 0 Å². The van der Waals surface area contributed by atoms with E-state index in [0.29, 0.717) is 6.54 Å². The molecule has 0 fully saturated rings. The van der Waals surface area contributed by atoms with Crippen molar-refractivity contribution < 1.29 is 4.79 Å². The minimum atomic E-state index is -0.0797. The molecule has 6 heteroatoms. The van der Waals surface area contributed by atoms with Gasteiger partial charge in [0, 0.05) is 24.6 Å². The van der Waals surface area contributed by atoms with Crippen molar-refractivity contribution in [3.8, 4) is 10.6 Å². The van der Waals surface area contributed by atoms with Crippen molar-refractivity contribution in [3.63, 3.8) is 0 Å². The van der Waals surface area contributed by atoms with Crippen LogP contribution in [0.4, 0.5) is 5.69 Å². The van der Waals surface area contributed by atoms with Gasteiger partial charge in [-0.15, -0.1) is 10.2 Å². The number of nitrogens with one attached hydrogen (secondary N) is 1. The van der Waals surface area contributed by atoms with Crippen molar-refractivity contribution in [3.05, 3.63) is 29.3 Å². The zero-order valence-corrected chi connectivity index (χ0v) is 10.8. The molecule has 3 N–H and O–H groups in total. The van der Waals surface area contributed by atoms with E-state index in [-0.39, 0.29) is 5.91 Å². The number of rotatable bonds is 4. The highest BCUT2D eigenvalue weighted by atomic mass is 32.1. The van der Waals surface area contributed by atoms with Crippen LogP contribution in [0.5, 0.6) is 0 Å². The molecular weight excluding hydrogens is 248 g/mol. The van der Waals surface area contributed by atoms with Crippen LogP contribution in [-0.4, -0.2) is 22.6 Å². The Bertz CT molecular complexity index is 535. The summed E-state index contributed by atoms with van der Waals surface area (Å²) in [6, 6.07) is 7.53. The van der Waals surface area contributed by atoms with Crippen molar-refractivity contribution in [1.29, 1.82) is 0 Å². The molecule has 18 heavy (non-hydrogen) atoms. The fourth-order valence-corrected chi connectivity index (χ4v) is 2.35. The fraction of sp³-hybridized carbons (Fsp3) is 0.250. The molecule has 1 aromatic carbocycles. The van der Waals surface area contributed by atoms with Gasteiger partial charge in [-0.05, 0) is 30.8 Å². The number of carbonyl (C=O) groups excluding carboxylic acids is 1. The van der Waals surface area contributed by atoms with Crippen LogP contribution >= 0.6 is 11.3 Å². The van der Waals surface area contributed by atoms with Crippen molar-refractivity contribution in [2.75, 3.05) is 11.9 Å². The number of aromatic nitrogens is 2. The summed E-state index contributed by atoms with van der Waals surface area (Å²) >= 11 is 1.54. The molecule has 0 saturated carbocycles. The second-order valence-electron chi connectivity index (χ2n) is 3.80. The number of hydrogen-bond acceptors (Lipinski definition) is 5. The maximum Gasteiger partial charge on any atom is 0.221 e. The molecule has 0 aliphatic heterocycles. The molecule has 0 unspecified atom stereocenters. The van der Waals surface area contributed by atoms with Crippen LogP contribution in [0.15, 0.2) is 24.3 Å². The molecule has 0 bridgehead atoms. The van der Waals surface area contributed by atoms with E-state index in [0.717, 1.165) is 27.7 Å². The number of nitrogens with zero attached hydrogens (tertiary/aromatic N) is 2. The molecular formula is C12H14N4OS. The number of amides is 1. The second-order valence-corrected chi connectivity index (χ2v) is 4.86. The van der Waals surface area contributed by atoms with Crippen molar-refractivity contribution in [2.45, 2.75) is 13.3 Å². The predicted molar refractivity (Wildman–Crippen MR) is 72.4 cm³/mol. The van der Waals surface area contributed by atoms with E-state index < -0.39 is 0 Å². The van der Waals surface area contributed by atoms with E-state index in [9.17, 15) is 4.79 Å². The summed E-state index contributed by atoms with van der Waals surface area (Å²) in [5.41, 5.74) is 7.24. The first-order chi connectivity index (χ1) is 8.69. The van der Waals surface area contributed by atoms with Crippen LogP contribution in [0.1, 0.15) is 11.9 Å². The third-order valence-corrected chi connectivity index (χ3v) is 3.31. The number of carbonyl (C=O) groups is 1. The number of nitrogens with two attached hydrogens (primary N) is 1. The van der Waals surface area contributed by atoms with E-state index in [2.05, 4.69) is 15.5 Å². The van der Waals surface area contributed by atoms with Gasteiger partial charge >= 0.3 is 0 Å². The quantitative estimate of drug-likeness (QED) is 0.878.